The second kappa shape index (κ2) is 6.50. The fourth-order valence-electron chi connectivity index (χ4n) is 2.31. The van der Waals surface area contributed by atoms with Crippen molar-refractivity contribution in [1.82, 2.24) is 4.90 Å². The summed E-state index contributed by atoms with van der Waals surface area (Å²) in [5.74, 6) is 0.427. The van der Waals surface area contributed by atoms with Crippen LogP contribution in [0.25, 0.3) is 0 Å². The third kappa shape index (κ3) is 4.30. The summed E-state index contributed by atoms with van der Waals surface area (Å²) in [5.41, 5.74) is 0.823. The van der Waals surface area contributed by atoms with E-state index in [0.29, 0.717) is 12.1 Å². The van der Waals surface area contributed by atoms with Crippen molar-refractivity contribution in [1.29, 1.82) is 0 Å². The van der Waals surface area contributed by atoms with Crippen molar-refractivity contribution in [3.8, 4) is 0 Å². The summed E-state index contributed by atoms with van der Waals surface area (Å²) in [7, 11) is -1.61. The van der Waals surface area contributed by atoms with Crippen molar-refractivity contribution in [2.24, 2.45) is 5.92 Å². The van der Waals surface area contributed by atoms with Crippen molar-refractivity contribution in [3.63, 3.8) is 0 Å². The molecule has 1 aliphatic carbocycles. The molecular weight excluding hydrogens is 244 g/mol. The van der Waals surface area contributed by atoms with Crippen molar-refractivity contribution in [3.05, 3.63) is 29.6 Å². The van der Waals surface area contributed by atoms with E-state index in [0.717, 1.165) is 25.4 Å². The number of hydrogen-bond donors (Lipinski definition) is 2. The van der Waals surface area contributed by atoms with E-state index in [1.54, 1.807) is 12.1 Å². The lowest BCUT2D eigenvalue weighted by molar-refractivity contribution is 0.251. The molecule has 0 radical (unpaired) electrons. The van der Waals surface area contributed by atoms with Gasteiger partial charge in [0.25, 0.3) is 0 Å². The molecule has 5 heteroatoms. The molecule has 0 heterocycles. The van der Waals surface area contributed by atoms with Gasteiger partial charge in [-0.3, -0.25) is 4.90 Å². The van der Waals surface area contributed by atoms with Crippen LogP contribution in [0, 0.1) is 11.7 Å². The van der Waals surface area contributed by atoms with E-state index >= 15 is 0 Å². The van der Waals surface area contributed by atoms with Crippen LogP contribution in [0.3, 0.4) is 0 Å². The van der Waals surface area contributed by atoms with Crippen molar-refractivity contribution >= 4 is 12.6 Å². The highest BCUT2D eigenvalue weighted by molar-refractivity contribution is 6.58. The third-order valence-electron chi connectivity index (χ3n) is 3.52. The summed E-state index contributed by atoms with van der Waals surface area (Å²) in [6, 6.07) is 4.44. The zero-order valence-corrected chi connectivity index (χ0v) is 11.3. The van der Waals surface area contributed by atoms with Gasteiger partial charge in [-0.05, 0) is 43.3 Å². The number of halogens is 1. The Morgan fingerprint density at radius 2 is 2.11 bits per heavy atom. The van der Waals surface area contributed by atoms with E-state index in [2.05, 4.69) is 11.8 Å². The highest BCUT2D eigenvalue weighted by Crippen LogP contribution is 2.30. The molecule has 104 valence electrons. The summed E-state index contributed by atoms with van der Waals surface area (Å²) >= 11 is 0. The first kappa shape index (κ1) is 14.5. The van der Waals surface area contributed by atoms with E-state index in [-0.39, 0.29) is 11.3 Å². The second-order valence-corrected chi connectivity index (χ2v) is 5.40. The van der Waals surface area contributed by atoms with Gasteiger partial charge in [-0.1, -0.05) is 19.1 Å². The number of rotatable bonds is 7. The van der Waals surface area contributed by atoms with Crippen LogP contribution >= 0.6 is 0 Å². The van der Waals surface area contributed by atoms with Crippen molar-refractivity contribution in [2.45, 2.75) is 32.7 Å². The van der Waals surface area contributed by atoms with Crippen LogP contribution in [0.1, 0.15) is 31.7 Å². The molecule has 0 spiro atoms. The maximum atomic E-state index is 13.9. The minimum Gasteiger partial charge on any atom is -0.423 e. The highest BCUT2D eigenvalue weighted by atomic mass is 19.1. The summed E-state index contributed by atoms with van der Waals surface area (Å²) < 4.78 is 13.9. The molecule has 0 unspecified atom stereocenters. The van der Waals surface area contributed by atoms with Crippen LogP contribution in [0.5, 0.6) is 0 Å². The quantitative estimate of drug-likeness (QED) is 0.726. The van der Waals surface area contributed by atoms with E-state index in [1.807, 2.05) is 0 Å². The Hall–Kier alpha value is -0.905. The molecule has 1 aliphatic rings. The molecule has 1 aromatic rings. The number of benzene rings is 1. The Morgan fingerprint density at radius 1 is 1.37 bits per heavy atom. The number of nitrogens with zero attached hydrogens (tertiary/aromatic N) is 1. The van der Waals surface area contributed by atoms with Gasteiger partial charge in [-0.2, -0.15) is 0 Å². The molecule has 0 amide bonds. The van der Waals surface area contributed by atoms with Gasteiger partial charge in [0.1, 0.15) is 5.82 Å². The lowest BCUT2D eigenvalue weighted by atomic mass is 9.80. The molecule has 1 fully saturated rings. The third-order valence-corrected chi connectivity index (χ3v) is 3.52. The SMILES string of the molecule is CCCN(Cc1ccc(B(O)O)cc1F)CC1CC1. The van der Waals surface area contributed by atoms with Gasteiger partial charge < -0.3 is 10.0 Å². The molecule has 0 aliphatic heterocycles. The van der Waals surface area contributed by atoms with E-state index < -0.39 is 7.12 Å². The number of hydrogen-bond acceptors (Lipinski definition) is 3. The molecule has 0 saturated heterocycles. The van der Waals surface area contributed by atoms with Gasteiger partial charge in [0.05, 0.1) is 0 Å². The van der Waals surface area contributed by atoms with Gasteiger partial charge in [0.15, 0.2) is 0 Å². The molecule has 2 rings (SSSR count). The van der Waals surface area contributed by atoms with Crippen LogP contribution in [0.4, 0.5) is 4.39 Å². The average molecular weight is 265 g/mol. The lowest BCUT2D eigenvalue weighted by Crippen LogP contribution is -2.31. The van der Waals surface area contributed by atoms with Crippen LogP contribution in [-0.2, 0) is 6.54 Å². The van der Waals surface area contributed by atoms with Crippen LogP contribution in [0.2, 0.25) is 0 Å². The first-order valence-corrected chi connectivity index (χ1v) is 6.97. The average Bonchev–Trinajstić information content (AvgIpc) is 3.15. The Balaban J connectivity index is 2.02. The molecule has 2 N–H and O–H groups in total. The Kier molecular flexibility index (Phi) is 4.96. The summed E-state index contributed by atoms with van der Waals surface area (Å²) in [5, 5.41) is 18.0. The van der Waals surface area contributed by atoms with Crippen molar-refractivity contribution < 1.29 is 14.4 Å². The lowest BCUT2D eigenvalue weighted by Gasteiger charge is -2.22. The minimum atomic E-state index is -1.61. The van der Waals surface area contributed by atoms with E-state index in [1.165, 1.54) is 18.9 Å². The first-order valence-electron chi connectivity index (χ1n) is 6.97. The standard InChI is InChI=1S/C14H21BFNO2/c1-2-7-17(9-11-3-4-11)10-12-5-6-13(15(18)19)8-14(12)16/h5-6,8,11,18-19H,2-4,7,9-10H2,1H3. The summed E-state index contributed by atoms with van der Waals surface area (Å²) in [6.45, 7) is 4.73. The normalized spacial score (nSPS) is 15.0. The Morgan fingerprint density at radius 3 is 2.63 bits per heavy atom. The predicted molar refractivity (Wildman–Crippen MR) is 74.5 cm³/mol. The van der Waals surface area contributed by atoms with Crippen molar-refractivity contribution in [2.75, 3.05) is 13.1 Å². The fraction of sp³-hybridized carbons (Fsp3) is 0.571. The second-order valence-electron chi connectivity index (χ2n) is 5.40. The Labute approximate surface area is 114 Å². The smallest absolute Gasteiger partial charge is 0.423 e. The summed E-state index contributed by atoms with van der Waals surface area (Å²) in [6.07, 6.45) is 3.64. The van der Waals surface area contributed by atoms with Crippen LogP contribution < -0.4 is 5.46 Å². The monoisotopic (exact) mass is 265 g/mol. The summed E-state index contributed by atoms with van der Waals surface area (Å²) in [4.78, 5) is 2.28. The minimum absolute atomic E-state index is 0.200. The van der Waals surface area contributed by atoms with Gasteiger partial charge >= 0.3 is 7.12 Å². The molecule has 0 bridgehead atoms. The van der Waals surface area contributed by atoms with Crippen LogP contribution in [0.15, 0.2) is 18.2 Å². The molecular formula is C14H21BFNO2. The topological polar surface area (TPSA) is 43.7 Å². The first-order chi connectivity index (χ1) is 9.10. The molecule has 1 aromatic carbocycles. The fourth-order valence-corrected chi connectivity index (χ4v) is 2.31. The van der Waals surface area contributed by atoms with E-state index in [9.17, 15) is 4.39 Å². The molecule has 0 aromatic heterocycles. The predicted octanol–water partition coefficient (Wildman–Crippen LogP) is 1.13. The molecule has 0 atom stereocenters. The molecule has 19 heavy (non-hydrogen) atoms. The van der Waals surface area contributed by atoms with Gasteiger partial charge in [0, 0.05) is 18.7 Å². The zero-order valence-electron chi connectivity index (χ0n) is 11.3. The maximum Gasteiger partial charge on any atom is 0.488 e. The molecule has 3 nitrogen and oxygen atoms in total. The maximum absolute atomic E-state index is 13.9. The molecule has 1 saturated carbocycles. The van der Waals surface area contributed by atoms with Gasteiger partial charge in [-0.15, -0.1) is 0 Å². The highest BCUT2D eigenvalue weighted by Gasteiger charge is 2.24. The largest absolute Gasteiger partial charge is 0.488 e. The van der Waals surface area contributed by atoms with Gasteiger partial charge in [-0.25, -0.2) is 4.39 Å². The van der Waals surface area contributed by atoms with E-state index in [4.69, 9.17) is 10.0 Å². The van der Waals surface area contributed by atoms with Crippen LogP contribution in [-0.4, -0.2) is 35.2 Å². The van der Waals surface area contributed by atoms with Gasteiger partial charge in [0.2, 0.25) is 0 Å². The zero-order chi connectivity index (χ0) is 13.8. The Bertz CT molecular complexity index is 424.